The van der Waals surface area contributed by atoms with Crippen molar-refractivity contribution in [3.63, 3.8) is 0 Å². The van der Waals surface area contributed by atoms with E-state index in [1.165, 1.54) is 0 Å². The van der Waals surface area contributed by atoms with Crippen LogP contribution in [0.3, 0.4) is 0 Å². The van der Waals surface area contributed by atoms with Gasteiger partial charge in [-0.3, -0.25) is 4.79 Å². The van der Waals surface area contributed by atoms with E-state index >= 15 is 0 Å². The van der Waals surface area contributed by atoms with Crippen LogP contribution < -0.4 is 5.32 Å². The van der Waals surface area contributed by atoms with Crippen molar-refractivity contribution in [1.29, 1.82) is 0 Å². The molecule has 0 aromatic rings. The third kappa shape index (κ3) is 3.79. The van der Waals surface area contributed by atoms with Gasteiger partial charge in [0.15, 0.2) is 9.84 Å². The highest BCUT2D eigenvalue weighted by Gasteiger charge is 2.23. The highest BCUT2D eigenvalue weighted by molar-refractivity contribution is 7.92. The second-order valence-corrected chi connectivity index (χ2v) is 6.22. The third-order valence-corrected chi connectivity index (χ3v) is 4.07. The third-order valence-electron chi connectivity index (χ3n) is 2.50. The van der Waals surface area contributed by atoms with Gasteiger partial charge in [-0.15, -0.1) is 0 Å². The molecule has 0 saturated carbocycles. The van der Waals surface area contributed by atoms with Gasteiger partial charge in [0.2, 0.25) is 5.91 Å². The first-order chi connectivity index (χ1) is 6.94. The first-order valence-electron chi connectivity index (χ1n) is 5.16. The molecule has 0 spiro atoms. The van der Waals surface area contributed by atoms with Crippen LogP contribution in [-0.2, 0) is 14.6 Å². The topological polar surface area (TPSA) is 66.5 Å². The van der Waals surface area contributed by atoms with Crippen molar-refractivity contribution in [1.82, 2.24) is 10.2 Å². The standard InChI is InChI=1S/C9H18N2O3S/c1-3-15(13,14)7-9(12)11-5-4-10-8(2)6-11/h8,10H,3-7H2,1-2H3. The fourth-order valence-corrected chi connectivity index (χ4v) is 2.30. The van der Waals surface area contributed by atoms with E-state index in [1.54, 1.807) is 11.8 Å². The lowest BCUT2D eigenvalue weighted by Gasteiger charge is -2.31. The SMILES string of the molecule is CCS(=O)(=O)CC(=O)N1CCNC(C)C1. The van der Waals surface area contributed by atoms with Gasteiger partial charge in [-0.2, -0.15) is 0 Å². The number of amides is 1. The van der Waals surface area contributed by atoms with Crippen molar-refractivity contribution in [3.05, 3.63) is 0 Å². The first kappa shape index (κ1) is 12.4. The maximum atomic E-state index is 11.6. The molecule has 0 aromatic carbocycles. The van der Waals surface area contributed by atoms with Crippen LogP contribution in [0.1, 0.15) is 13.8 Å². The summed E-state index contributed by atoms with van der Waals surface area (Å²) < 4.78 is 22.5. The number of carbonyl (C=O) groups is 1. The lowest BCUT2D eigenvalue weighted by molar-refractivity contribution is -0.129. The molecule has 1 rings (SSSR count). The first-order valence-corrected chi connectivity index (χ1v) is 6.98. The van der Waals surface area contributed by atoms with Crippen molar-refractivity contribution in [2.24, 2.45) is 0 Å². The molecule has 0 aromatic heterocycles. The maximum Gasteiger partial charge on any atom is 0.237 e. The second-order valence-electron chi connectivity index (χ2n) is 3.87. The van der Waals surface area contributed by atoms with Gasteiger partial charge in [0.1, 0.15) is 5.75 Å². The van der Waals surface area contributed by atoms with E-state index in [0.29, 0.717) is 13.1 Å². The molecule has 1 amide bonds. The predicted octanol–water partition coefficient (Wildman–Crippen LogP) is -0.759. The van der Waals surface area contributed by atoms with Gasteiger partial charge in [-0.25, -0.2) is 8.42 Å². The lowest BCUT2D eigenvalue weighted by Crippen LogP contribution is -2.52. The molecule has 1 N–H and O–H groups in total. The molecule has 1 unspecified atom stereocenters. The van der Waals surface area contributed by atoms with Gasteiger partial charge in [0.25, 0.3) is 0 Å². The van der Waals surface area contributed by atoms with Gasteiger partial charge >= 0.3 is 0 Å². The van der Waals surface area contributed by atoms with Crippen molar-refractivity contribution >= 4 is 15.7 Å². The lowest BCUT2D eigenvalue weighted by atomic mass is 10.2. The molecule has 88 valence electrons. The Morgan fingerprint density at radius 1 is 1.53 bits per heavy atom. The zero-order chi connectivity index (χ0) is 11.5. The van der Waals surface area contributed by atoms with Crippen molar-refractivity contribution in [3.8, 4) is 0 Å². The molecule has 1 fully saturated rings. The summed E-state index contributed by atoms with van der Waals surface area (Å²) in [6.45, 7) is 5.47. The van der Waals surface area contributed by atoms with E-state index in [-0.39, 0.29) is 23.5 Å². The number of hydrogen-bond acceptors (Lipinski definition) is 4. The van der Waals surface area contributed by atoms with Gasteiger partial charge < -0.3 is 10.2 Å². The molecule has 1 atom stereocenters. The molecular weight excluding hydrogens is 216 g/mol. The molecule has 0 aliphatic carbocycles. The Morgan fingerprint density at radius 2 is 2.20 bits per heavy atom. The number of rotatable bonds is 3. The Morgan fingerprint density at radius 3 is 2.73 bits per heavy atom. The fourth-order valence-electron chi connectivity index (χ4n) is 1.54. The Labute approximate surface area is 90.7 Å². The zero-order valence-corrected chi connectivity index (χ0v) is 10.0. The van der Waals surface area contributed by atoms with Crippen LogP contribution in [0, 0.1) is 0 Å². The van der Waals surface area contributed by atoms with Gasteiger partial charge in [0.05, 0.1) is 0 Å². The Bertz CT molecular complexity index is 326. The monoisotopic (exact) mass is 234 g/mol. The van der Waals surface area contributed by atoms with E-state index in [4.69, 9.17) is 0 Å². The number of hydrogen-bond donors (Lipinski definition) is 1. The summed E-state index contributed by atoms with van der Waals surface area (Å²) in [6, 6.07) is 0.243. The number of piperazine rings is 1. The largest absolute Gasteiger partial charge is 0.339 e. The molecule has 1 saturated heterocycles. The van der Waals surface area contributed by atoms with Crippen LogP contribution in [-0.4, -0.2) is 56.4 Å². The van der Waals surface area contributed by atoms with E-state index in [9.17, 15) is 13.2 Å². The maximum absolute atomic E-state index is 11.6. The normalized spacial score (nSPS) is 22.8. The summed E-state index contributed by atoms with van der Waals surface area (Å²) in [5.41, 5.74) is 0. The molecule has 6 heteroatoms. The van der Waals surface area contributed by atoms with Crippen molar-refractivity contribution < 1.29 is 13.2 Å². The second kappa shape index (κ2) is 4.94. The molecule has 5 nitrogen and oxygen atoms in total. The minimum absolute atomic E-state index is 0.0282. The summed E-state index contributed by atoms with van der Waals surface area (Å²) in [6.07, 6.45) is 0. The molecule has 0 radical (unpaired) electrons. The predicted molar refractivity (Wildman–Crippen MR) is 58.4 cm³/mol. The zero-order valence-electron chi connectivity index (χ0n) is 9.19. The summed E-state index contributed by atoms with van der Waals surface area (Å²) in [4.78, 5) is 13.3. The van der Waals surface area contributed by atoms with Crippen LogP contribution in [0.4, 0.5) is 0 Å². The molecule has 1 aliphatic rings. The number of nitrogens with one attached hydrogen (secondary N) is 1. The molecule has 15 heavy (non-hydrogen) atoms. The highest BCUT2D eigenvalue weighted by atomic mass is 32.2. The molecule has 0 bridgehead atoms. The quantitative estimate of drug-likeness (QED) is 0.697. The van der Waals surface area contributed by atoms with E-state index in [1.807, 2.05) is 6.92 Å². The van der Waals surface area contributed by atoms with Gasteiger partial charge in [0, 0.05) is 31.4 Å². The smallest absolute Gasteiger partial charge is 0.237 e. The fraction of sp³-hybridized carbons (Fsp3) is 0.889. The minimum Gasteiger partial charge on any atom is -0.339 e. The van der Waals surface area contributed by atoms with Gasteiger partial charge in [-0.05, 0) is 6.92 Å². The highest BCUT2D eigenvalue weighted by Crippen LogP contribution is 2.01. The van der Waals surface area contributed by atoms with Crippen molar-refractivity contribution in [2.45, 2.75) is 19.9 Å². The molecule has 1 aliphatic heterocycles. The average molecular weight is 234 g/mol. The van der Waals surface area contributed by atoms with Crippen molar-refractivity contribution in [2.75, 3.05) is 31.1 Å². The molecular formula is C9H18N2O3S. The van der Waals surface area contributed by atoms with Crippen LogP contribution >= 0.6 is 0 Å². The van der Waals surface area contributed by atoms with Crippen LogP contribution in [0.5, 0.6) is 0 Å². The summed E-state index contributed by atoms with van der Waals surface area (Å²) in [5, 5.41) is 3.20. The Hall–Kier alpha value is -0.620. The number of carbonyl (C=O) groups excluding carboxylic acids is 1. The van der Waals surface area contributed by atoms with Crippen LogP contribution in [0.2, 0.25) is 0 Å². The summed E-state index contributed by atoms with van der Waals surface area (Å²) >= 11 is 0. The number of sulfone groups is 1. The minimum atomic E-state index is -3.20. The Kier molecular flexibility index (Phi) is 4.10. The average Bonchev–Trinajstić information content (AvgIpc) is 2.17. The van der Waals surface area contributed by atoms with E-state index < -0.39 is 9.84 Å². The Balaban J connectivity index is 2.53. The summed E-state index contributed by atoms with van der Waals surface area (Å²) in [7, 11) is -3.20. The van der Waals surface area contributed by atoms with Crippen LogP contribution in [0.15, 0.2) is 0 Å². The van der Waals surface area contributed by atoms with E-state index in [2.05, 4.69) is 5.32 Å². The number of nitrogens with zero attached hydrogens (tertiary/aromatic N) is 1. The summed E-state index contributed by atoms with van der Waals surface area (Å²) in [5.74, 6) is -0.596. The molecule has 1 heterocycles. The van der Waals surface area contributed by atoms with Gasteiger partial charge in [-0.1, -0.05) is 6.92 Å². The van der Waals surface area contributed by atoms with Crippen LogP contribution in [0.25, 0.3) is 0 Å². The van der Waals surface area contributed by atoms with E-state index in [0.717, 1.165) is 6.54 Å².